The third-order valence-corrected chi connectivity index (χ3v) is 7.49. The average Bonchev–Trinajstić information content (AvgIpc) is 3.81. The van der Waals surface area contributed by atoms with Crippen molar-refractivity contribution in [2.75, 3.05) is 0 Å². The van der Waals surface area contributed by atoms with E-state index >= 15 is 0 Å². The molecule has 36 heavy (non-hydrogen) atoms. The van der Waals surface area contributed by atoms with Crippen molar-refractivity contribution in [1.29, 1.82) is 0 Å². The van der Waals surface area contributed by atoms with Crippen molar-refractivity contribution in [2.24, 2.45) is 5.92 Å². The van der Waals surface area contributed by atoms with Crippen LogP contribution in [0.4, 0.5) is 0 Å². The molecule has 6 rings (SSSR count). The van der Waals surface area contributed by atoms with E-state index in [2.05, 4.69) is 32.3 Å². The average molecular weight is 484 g/mol. The molecule has 1 amide bonds. The number of fused-ring (bicyclic) bond motifs is 1. The molecule has 3 heterocycles. The number of amides is 1. The third-order valence-electron chi connectivity index (χ3n) is 7.49. The zero-order chi connectivity index (χ0) is 25.0. The predicted molar refractivity (Wildman–Crippen MR) is 135 cm³/mol. The normalized spacial score (nSPS) is 17.3. The molecule has 1 aromatic carbocycles. The van der Waals surface area contributed by atoms with Gasteiger partial charge < -0.3 is 5.32 Å². The minimum atomic E-state index is -0.442. The van der Waals surface area contributed by atoms with Gasteiger partial charge in [-0.3, -0.25) is 14.2 Å². The van der Waals surface area contributed by atoms with Gasteiger partial charge in [-0.05, 0) is 63.5 Å². The van der Waals surface area contributed by atoms with E-state index in [1.165, 1.54) is 12.8 Å². The van der Waals surface area contributed by atoms with Gasteiger partial charge in [-0.1, -0.05) is 24.3 Å². The third kappa shape index (κ3) is 3.88. The molecule has 0 saturated heterocycles. The number of nitrogens with one attached hydrogen (secondary N) is 1. The maximum Gasteiger partial charge on any atom is 0.289 e. The second-order valence-electron chi connectivity index (χ2n) is 10.4. The predicted octanol–water partition coefficient (Wildman–Crippen LogP) is 4.02. The molecule has 1 atom stereocenters. The first kappa shape index (κ1) is 22.6. The summed E-state index contributed by atoms with van der Waals surface area (Å²) in [6, 6.07) is 8.09. The van der Waals surface area contributed by atoms with Gasteiger partial charge in [0.2, 0.25) is 5.82 Å². The fourth-order valence-electron chi connectivity index (χ4n) is 4.87. The number of hydrogen-bond acceptors (Lipinski definition) is 6. The molecule has 4 aromatic rings. The van der Waals surface area contributed by atoms with Crippen molar-refractivity contribution in [3.05, 3.63) is 70.9 Å². The van der Waals surface area contributed by atoms with E-state index in [0.717, 1.165) is 29.4 Å². The van der Waals surface area contributed by atoms with Gasteiger partial charge in [-0.25, -0.2) is 19.6 Å². The summed E-state index contributed by atoms with van der Waals surface area (Å²) in [5.41, 5.74) is 2.56. The fraction of sp³-hybridized carbons (Fsp3) is 0.407. The van der Waals surface area contributed by atoms with Gasteiger partial charge >= 0.3 is 0 Å². The Balaban J connectivity index is 1.23. The van der Waals surface area contributed by atoms with Crippen LogP contribution in [-0.4, -0.2) is 35.2 Å². The minimum absolute atomic E-state index is 0.0335. The second kappa shape index (κ2) is 8.36. The molecule has 0 bridgehead atoms. The van der Waals surface area contributed by atoms with Gasteiger partial charge in [0.1, 0.15) is 0 Å². The van der Waals surface area contributed by atoms with E-state index in [4.69, 9.17) is 0 Å². The smallest absolute Gasteiger partial charge is 0.289 e. The summed E-state index contributed by atoms with van der Waals surface area (Å²) in [6.07, 6.45) is 10.7. The van der Waals surface area contributed by atoms with Crippen LogP contribution in [-0.2, 0) is 5.54 Å². The zero-order valence-electron chi connectivity index (χ0n) is 20.7. The number of carbonyl (C=O) groups excluding carboxylic acids is 1. The van der Waals surface area contributed by atoms with Gasteiger partial charge in [-0.15, -0.1) is 0 Å². The van der Waals surface area contributed by atoms with E-state index in [1.807, 2.05) is 42.8 Å². The second-order valence-corrected chi connectivity index (χ2v) is 10.4. The van der Waals surface area contributed by atoms with Crippen molar-refractivity contribution in [2.45, 2.75) is 64.1 Å². The molecule has 1 N–H and O–H groups in total. The number of nitrogens with zero attached hydrogens (tertiary/aromatic N) is 6. The van der Waals surface area contributed by atoms with Crippen LogP contribution in [0.25, 0.3) is 22.2 Å². The topological polar surface area (TPSA) is 108 Å². The van der Waals surface area contributed by atoms with Crippen molar-refractivity contribution >= 4 is 16.9 Å². The van der Waals surface area contributed by atoms with Gasteiger partial charge in [-0.2, -0.15) is 5.10 Å². The van der Waals surface area contributed by atoms with Crippen molar-refractivity contribution in [1.82, 2.24) is 34.6 Å². The highest BCUT2D eigenvalue weighted by Gasteiger charge is 2.46. The van der Waals surface area contributed by atoms with Crippen LogP contribution in [0.3, 0.4) is 0 Å². The Morgan fingerprint density at radius 3 is 2.50 bits per heavy atom. The molecule has 2 aliphatic rings. The minimum Gasteiger partial charge on any atom is -0.340 e. The van der Waals surface area contributed by atoms with E-state index in [0.29, 0.717) is 17.1 Å². The summed E-state index contributed by atoms with van der Waals surface area (Å²) in [6.45, 7) is 6.06. The highest BCUT2D eigenvalue weighted by Crippen LogP contribution is 2.46. The first-order valence-electron chi connectivity index (χ1n) is 12.6. The Bertz CT molecular complexity index is 1510. The largest absolute Gasteiger partial charge is 0.340 e. The molecule has 1 unspecified atom stereocenters. The van der Waals surface area contributed by atoms with Gasteiger partial charge in [0, 0.05) is 18.4 Å². The molecule has 2 saturated carbocycles. The maximum absolute atomic E-state index is 13.2. The van der Waals surface area contributed by atoms with Gasteiger partial charge in [0.15, 0.2) is 5.65 Å². The number of benzene rings is 1. The van der Waals surface area contributed by atoms with Crippen LogP contribution in [0.15, 0.2) is 54.0 Å². The summed E-state index contributed by atoms with van der Waals surface area (Å²) in [7, 11) is 0. The van der Waals surface area contributed by atoms with Crippen LogP contribution < -0.4 is 10.9 Å². The standard InChI is InChI=1S/C27H29N7O2/c1-16(2)33-15-28-14-22(26(33)36)19-6-8-21(9-7-19)27(10-11-27)32-25(35)23-29-12-20-13-30-34(24(20)31-23)17(3)18-4-5-18/h6-9,12-18H,4-5,10-11H2,1-3H3,(H,32,35). The van der Waals surface area contributed by atoms with Crippen LogP contribution in [0.5, 0.6) is 0 Å². The lowest BCUT2D eigenvalue weighted by Crippen LogP contribution is -2.36. The van der Waals surface area contributed by atoms with Crippen LogP contribution in [0.1, 0.15) is 74.7 Å². The molecule has 9 nitrogen and oxygen atoms in total. The molecule has 184 valence electrons. The van der Waals surface area contributed by atoms with Gasteiger partial charge in [0.25, 0.3) is 11.5 Å². The van der Waals surface area contributed by atoms with Crippen molar-refractivity contribution in [3.8, 4) is 11.1 Å². The Kier molecular flexibility index (Phi) is 5.24. The molecule has 0 aliphatic heterocycles. The van der Waals surface area contributed by atoms with Crippen molar-refractivity contribution < 1.29 is 4.79 Å². The molecule has 2 fully saturated rings. The number of carbonyl (C=O) groups is 1. The molecule has 0 spiro atoms. The molecule has 0 radical (unpaired) electrons. The Labute approximate surface area is 208 Å². The van der Waals surface area contributed by atoms with E-state index in [-0.39, 0.29) is 29.4 Å². The quantitative estimate of drug-likeness (QED) is 0.425. The lowest BCUT2D eigenvalue weighted by molar-refractivity contribution is 0.0920. The maximum atomic E-state index is 13.2. The highest BCUT2D eigenvalue weighted by atomic mass is 16.2. The lowest BCUT2D eigenvalue weighted by Gasteiger charge is -2.18. The summed E-state index contributed by atoms with van der Waals surface area (Å²) >= 11 is 0. The molecular formula is C27H29N7O2. The molecule has 2 aliphatic carbocycles. The van der Waals surface area contributed by atoms with E-state index in [9.17, 15) is 9.59 Å². The zero-order valence-corrected chi connectivity index (χ0v) is 20.7. The Hall–Kier alpha value is -3.88. The summed E-state index contributed by atoms with van der Waals surface area (Å²) in [5.74, 6) is 0.482. The fourth-order valence-corrected chi connectivity index (χ4v) is 4.87. The molecule has 9 heteroatoms. The summed E-state index contributed by atoms with van der Waals surface area (Å²) in [4.78, 5) is 39.2. The number of hydrogen-bond donors (Lipinski definition) is 1. The van der Waals surface area contributed by atoms with Crippen LogP contribution >= 0.6 is 0 Å². The van der Waals surface area contributed by atoms with E-state index in [1.54, 1.807) is 29.5 Å². The van der Waals surface area contributed by atoms with Crippen LogP contribution in [0.2, 0.25) is 0 Å². The first-order valence-corrected chi connectivity index (χ1v) is 12.6. The summed E-state index contributed by atoms with van der Waals surface area (Å²) < 4.78 is 3.54. The lowest BCUT2D eigenvalue weighted by atomic mass is 10.0. The van der Waals surface area contributed by atoms with Crippen molar-refractivity contribution in [3.63, 3.8) is 0 Å². The SMILES string of the molecule is CC(C)n1cncc(-c2ccc(C3(NC(=O)c4ncc5cnn(C(C)C6CC6)c5n4)CC3)cc2)c1=O. The van der Waals surface area contributed by atoms with Gasteiger partial charge in [0.05, 0.1) is 35.1 Å². The summed E-state index contributed by atoms with van der Waals surface area (Å²) in [5, 5.41) is 8.50. The number of aromatic nitrogens is 6. The molecular weight excluding hydrogens is 454 g/mol. The Morgan fingerprint density at radius 2 is 1.83 bits per heavy atom. The monoisotopic (exact) mass is 483 g/mol. The van der Waals surface area contributed by atoms with Crippen LogP contribution in [0, 0.1) is 5.92 Å². The number of rotatable bonds is 7. The first-order chi connectivity index (χ1) is 17.4. The molecule has 3 aromatic heterocycles. The van der Waals surface area contributed by atoms with E-state index < -0.39 is 5.54 Å². The Morgan fingerprint density at radius 1 is 1.08 bits per heavy atom. The highest BCUT2D eigenvalue weighted by molar-refractivity contribution is 5.93.